The van der Waals surface area contributed by atoms with E-state index in [1.165, 1.54) is 38.5 Å². The van der Waals surface area contributed by atoms with Gasteiger partial charge in [0.25, 0.3) is 11.8 Å². The summed E-state index contributed by atoms with van der Waals surface area (Å²) in [6.07, 6.45) is 20.9. The fraction of sp³-hybridized carbons (Fsp3) is 0.582. The maximum atomic E-state index is 13.2. The van der Waals surface area contributed by atoms with Crippen molar-refractivity contribution in [3.8, 4) is 0 Å². The number of likely N-dealkylation sites (tertiary alicyclic amines) is 2. The van der Waals surface area contributed by atoms with E-state index in [0.29, 0.717) is 87.0 Å². The van der Waals surface area contributed by atoms with E-state index in [4.69, 9.17) is 26.1 Å². The number of halogens is 1. The van der Waals surface area contributed by atoms with Gasteiger partial charge in [-0.1, -0.05) is 51.4 Å². The fourth-order valence-corrected chi connectivity index (χ4v) is 13.6. The number of rotatable bonds is 8. The van der Waals surface area contributed by atoms with Gasteiger partial charge in [0.2, 0.25) is 23.0 Å². The molecule has 2 saturated carbocycles. The van der Waals surface area contributed by atoms with Crippen LogP contribution in [0.5, 0.6) is 0 Å². The molecule has 4 saturated heterocycles. The van der Waals surface area contributed by atoms with Gasteiger partial charge >= 0.3 is 12.2 Å². The molecular formula is C67H90ClN15O8. The molecule has 0 radical (unpaired) electrons. The standard InChI is InChI=1S/C33H44N8O4.C18H25N3O3.C16H21ClN4O/c1-33(2,3)45-32(44)39-18-22-15-28(42)40(20-23(22)19-39)25-12-13-27(34-17-25)36-31-35-16-21-14-26(30(43)38(4)5)41(29(21)37-31)24-10-8-6-7-9-11-24;1-12-5-6-15(8-19-12)21-11-14-10-20(9-13(14)7-16(21)22)17(23)24-18(2,3)4;1-20(2)15(22)13-9-11-10-18-16(17)19-14(11)21(13)12-7-5-3-4-6-8-12/h12-14,16-17,22-24H,6-11,15,18-20H2,1-5H3,(H,34,35,36,37);5-6,8,13-14H,7,9-11H2,1-4H3;9-10,12H,3-8H2,1-2H3. The quantitative estimate of drug-likeness (QED) is 0.110. The van der Waals surface area contributed by atoms with E-state index in [0.717, 1.165) is 72.0 Å². The second kappa shape index (κ2) is 27.9. The number of aryl methyl sites for hydroxylation is 1. The van der Waals surface area contributed by atoms with E-state index in [9.17, 15) is 28.8 Å². The molecule has 0 bridgehead atoms. The predicted molar refractivity (Wildman–Crippen MR) is 350 cm³/mol. The van der Waals surface area contributed by atoms with Crippen molar-refractivity contribution >= 4 is 92.6 Å². The molecule has 6 aromatic rings. The van der Waals surface area contributed by atoms with E-state index in [2.05, 4.69) is 39.4 Å². The van der Waals surface area contributed by atoms with Gasteiger partial charge in [-0.3, -0.25) is 24.2 Å². The summed E-state index contributed by atoms with van der Waals surface area (Å²) in [5.74, 6) is 1.86. The van der Waals surface area contributed by atoms with Crippen molar-refractivity contribution in [2.24, 2.45) is 23.7 Å². The Morgan fingerprint density at radius 2 is 0.967 bits per heavy atom. The Balaban J connectivity index is 0.000000166. The Kier molecular flexibility index (Phi) is 20.2. The van der Waals surface area contributed by atoms with Crippen molar-refractivity contribution < 1.29 is 38.2 Å². The van der Waals surface area contributed by atoms with Gasteiger partial charge in [0.15, 0.2) is 0 Å². The number of aromatic nitrogens is 8. The van der Waals surface area contributed by atoms with Gasteiger partial charge in [0, 0.05) is 121 Å². The maximum Gasteiger partial charge on any atom is 0.410 e. The number of fused-ring (bicyclic) bond motifs is 4. The van der Waals surface area contributed by atoms with E-state index in [1.54, 1.807) is 82.4 Å². The smallest absolute Gasteiger partial charge is 0.410 e. The van der Waals surface area contributed by atoms with Crippen LogP contribution in [0, 0.1) is 30.6 Å². The van der Waals surface area contributed by atoms with Crippen molar-refractivity contribution in [1.82, 2.24) is 58.6 Å². The minimum absolute atomic E-state index is 0.00151. The van der Waals surface area contributed by atoms with Crippen LogP contribution in [0.25, 0.3) is 22.1 Å². The van der Waals surface area contributed by atoms with Gasteiger partial charge in [-0.05, 0) is 146 Å². The molecule has 0 aromatic carbocycles. The van der Waals surface area contributed by atoms with Crippen molar-refractivity contribution in [2.75, 3.05) is 82.6 Å². The lowest BCUT2D eigenvalue weighted by molar-refractivity contribution is -0.122. The first-order chi connectivity index (χ1) is 43.3. The van der Waals surface area contributed by atoms with Crippen LogP contribution >= 0.6 is 11.6 Å². The summed E-state index contributed by atoms with van der Waals surface area (Å²) >= 11 is 5.98. The van der Waals surface area contributed by atoms with Crippen molar-refractivity contribution in [3.05, 3.63) is 83.6 Å². The fourth-order valence-electron chi connectivity index (χ4n) is 13.5. The molecule has 4 unspecified atom stereocenters. The molecule has 24 heteroatoms. The van der Waals surface area contributed by atoms with Crippen LogP contribution in [0.4, 0.5) is 32.7 Å². The Bertz CT molecular complexity index is 3600. The van der Waals surface area contributed by atoms with Gasteiger partial charge in [0.1, 0.15) is 39.7 Å². The molecule has 0 spiro atoms. The molecule has 4 atom stereocenters. The number of amides is 6. The molecule has 6 fully saturated rings. The number of pyridine rings is 2. The van der Waals surface area contributed by atoms with Gasteiger partial charge in [0.05, 0.1) is 23.8 Å². The monoisotopic (exact) mass is 1270 g/mol. The molecule has 488 valence electrons. The van der Waals surface area contributed by atoms with Gasteiger partial charge in [-0.15, -0.1) is 0 Å². The largest absolute Gasteiger partial charge is 0.444 e. The van der Waals surface area contributed by atoms with E-state index in [-0.39, 0.29) is 70.8 Å². The summed E-state index contributed by atoms with van der Waals surface area (Å²) in [6, 6.07) is 11.8. The molecule has 6 amide bonds. The second-order valence-corrected chi connectivity index (χ2v) is 28.1. The van der Waals surface area contributed by atoms with Crippen LogP contribution in [-0.2, 0) is 19.1 Å². The highest BCUT2D eigenvalue weighted by molar-refractivity contribution is 6.28. The third kappa shape index (κ3) is 15.9. The molecule has 4 aliphatic heterocycles. The number of carbonyl (C=O) groups excluding carboxylic acids is 6. The molecule has 12 rings (SSSR count). The van der Waals surface area contributed by atoms with Gasteiger partial charge in [-0.25, -0.2) is 24.5 Å². The number of anilines is 4. The molecule has 91 heavy (non-hydrogen) atoms. The lowest BCUT2D eigenvalue weighted by Crippen LogP contribution is -2.44. The van der Waals surface area contributed by atoms with E-state index >= 15 is 0 Å². The van der Waals surface area contributed by atoms with Crippen LogP contribution < -0.4 is 15.1 Å². The lowest BCUT2D eigenvalue weighted by atomic mass is 9.88. The summed E-state index contributed by atoms with van der Waals surface area (Å²) in [7, 11) is 7.09. The Morgan fingerprint density at radius 3 is 1.38 bits per heavy atom. The molecule has 6 aromatic heterocycles. The number of hydrogen-bond donors (Lipinski definition) is 1. The van der Waals surface area contributed by atoms with E-state index in [1.807, 2.05) is 84.9 Å². The first-order valence-electron chi connectivity index (χ1n) is 32.3. The molecule has 2 aliphatic carbocycles. The highest BCUT2D eigenvalue weighted by Gasteiger charge is 2.45. The lowest BCUT2D eigenvalue weighted by Gasteiger charge is -2.33. The first kappa shape index (κ1) is 66.0. The summed E-state index contributed by atoms with van der Waals surface area (Å²) < 4.78 is 15.2. The maximum absolute atomic E-state index is 13.2. The molecule has 23 nitrogen and oxygen atoms in total. The zero-order valence-electron chi connectivity index (χ0n) is 54.8. The van der Waals surface area contributed by atoms with Crippen molar-refractivity contribution in [2.45, 2.75) is 162 Å². The Morgan fingerprint density at radius 1 is 0.538 bits per heavy atom. The Hall–Kier alpha value is -7.95. The minimum atomic E-state index is -0.557. The van der Waals surface area contributed by atoms with Crippen LogP contribution in [-0.4, -0.2) is 173 Å². The van der Waals surface area contributed by atoms with Crippen LogP contribution in [0.1, 0.15) is 170 Å². The van der Waals surface area contributed by atoms with E-state index < -0.39 is 11.2 Å². The number of piperidine rings is 2. The SMILES string of the molecule is CN(C)C(=O)c1cc2cnc(Cl)nc2n1C1CCCCCC1.CN(C)C(=O)c1cc2cnc(Nc3ccc(N4CC5CN(C(=O)OC(C)(C)C)CC5CC4=O)cn3)nc2n1C1CCCCCC1.Cc1ccc(N2CC3CN(C(=O)OC(C)(C)C)CC3CC2=O)cn1. The summed E-state index contributed by atoms with van der Waals surface area (Å²) in [4.78, 5) is 113. The number of hydrogen-bond acceptors (Lipinski definition) is 15. The average molecular weight is 1270 g/mol. The number of nitrogens with zero attached hydrogens (tertiary/aromatic N) is 14. The highest BCUT2D eigenvalue weighted by Crippen LogP contribution is 2.39. The molecular weight excluding hydrogens is 1180 g/mol. The summed E-state index contributed by atoms with van der Waals surface area (Å²) in [5.41, 5.74) is 4.26. The van der Waals surface area contributed by atoms with Gasteiger partial charge < -0.3 is 53.3 Å². The third-order valence-corrected chi connectivity index (χ3v) is 18.2. The average Bonchev–Trinajstić information content (AvgIpc) is 1.96. The number of carbonyl (C=O) groups is 6. The molecule has 6 aliphatic rings. The van der Waals surface area contributed by atoms with Gasteiger partial charge in [-0.2, -0.15) is 9.97 Å². The predicted octanol–water partition coefficient (Wildman–Crippen LogP) is 11.7. The minimum Gasteiger partial charge on any atom is -0.444 e. The number of ether oxygens (including phenoxy) is 2. The van der Waals surface area contributed by atoms with Crippen molar-refractivity contribution in [3.63, 3.8) is 0 Å². The topological polar surface area (TPSA) is 240 Å². The summed E-state index contributed by atoms with van der Waals surface area (Å²) in [6.45, 7) is 16.6. The Labute approximate surface area is 538 Å². The normalized spacial score (nSPS) is 20.8. The zero-order valence-corrected chi connectivity index (χ0v) is 55.5. The van der Waals surface area contributed by atoms with Crippen LogP contribution in [0.2, 0.25) is 5.28 Å². The third-order valence-electron chi connectivity index (χ3n) is 18.0. The van der Waals surface area contributed by atoms with Crippen LogP contribution in [0.3, 0.4) is 0 Å². The first-order valence-corrected chi connectivity index (χ1v) is 32.7. The highest BCUT2D eigenvalue weighted by atomic mass is 35.5. The zero-order chi connectivity index (χ0) is 65.1. The summed E-state index contributed by atoms with van der Waals surface area (Å²) in [5, 5.41) is 5.14. The number of nitrogens with one attached hydrogen (secondary N) is 1. The van der Waals surface area contributed by atoms with Crippen LogP contribution in [0.15, 0.2) is 61.2 Å². The molecule has 1 N–H and O–H groups in total. The second-order valence-electron chi connectivity index (χ2n) is 27.8. The van der Waals surface area contributed by atoms with Crippen molar-refractivity contribution in [1.29, 1.82) is 0 Å². The molecule has 10 heterocycles.